The van der Waals surface area contributed by atoms with Gasteiger partial charge in [-0.2, -0.15) is 0 Å². The lowest BCUT2D eigenvalue weighted by Gasteiger charge is -2.31. The van der Waals surface area contributed by atoms with Crippen LogP contribution in [0, 0.1) is 5.41 Å². The second-order valence-corrected chi connectivity index (χ2v) is 6.95. The lowest BCUT2D eigenvalue weighted by atomic mass is 9.92. The molecule has 0 aliphatic carbocycles. The highest BCUT2D eigenvalue weighted by Crippen LogP contribution is 2.21. The smallest absolute Gasteiger partial charge is 0.325 e. The fraction of sp³-hybridized carbons (Fsp3) is 0.938. The Bertz CT molecular complexity index is 286. The molecule has 2 unspecified atom stereocenters. The molecule has 1 N–H and O–H groups in total. The van der Waals surface area contributed by atoms with Gasteiger partial charge in [-0.1, -0.05) is 27.7 Å². The van der Waals surface area contributed by atoms with Crippen molar-refractivity contribution in [2.75, 3.05) is 20.3 Å². The highest BCUT2D eigenvalue weighted by Gasteiger charge is 2.35. The van der Waals surface area contributed by atoms with Gasteiger partial charge in [0.15, 0.2) is 0 Å². The maximum atomic E-state index is 12.0. The van der Waals surface area contributed by atoms with Crippen LogP contribution >= 0.6 is 0 Å². The summed E-state index contributed by atoms with van der Waals surface area (Å²) in [6.07, 6.45) is 2.62. The number of rotatable bonds is 9. The Morgan fingerprint density at radius 3 is 2.30 bits per heavy atom. The first kappa shape index (κ1) is 19.4. The number of hydrogen-bond acceptors (Lipinski definition) is 4. The van der Waals surface area contributed by atoms with Crippen molar-refractivity contribution >= 4 is 5.97 Å². The Morgan fingerprint density at radius 2 is 1.85 bits per heavy atom. The van der Waals surface area contributed by atoms with Crippen molar-refractivity contribution < 1.29 is 14.3 Å². The molecule has 0 fully saturated rings. The van der Waals surface area contributed by atoms with Gasteiger partial charge in [0.05, 0.1) is 13.2 Å². The van der Waals surface area contributed by atoms with E-state index in [2.05, 4.69) is 33.0 Å². The van der Waals surface area contributed by atoms with E-state index in [0.29, 0.717) is 6.42 Å². The van der Waals surface area contributed by atoms with Crippen molar-refractivity contribution in [3.05, 3.63) is 0 Å². The molecular weight excluding hydrogens is 254 g/mol. The molecule has 4 nitrogen and oxygen atoms in total. The van der Waals surface area contributed by atoms with Crippen LogP contribution in [0.2, 0.25) is 0 Å². The number of ether oxygens (including phenoxy) is 2. The van der Waals surface area contributed by atoms with Crippen LogP contribution in [0.25, 0.3) is 0 Å². The van der Waals surface area contributed by atoms with Crippen molar-refractivity contribution in [2.24, 2.45) is 5.41 Å². The summed E-state index contributed by atoms with van der Waals surface area (Å²) >= 11 is 0. The zero-order valence-corrected chi connectivity index (χ0v) is 14.3. The predicted molar refractivity (Wildman–Crippen MR) is 82.8 cm³/mol. The van der Waals surface area contributed by atoms with Crippen LogP contribution in [0.5, 0.6) is 0 Å². The predicted octanol–water partition coefficient (Wildman–Crippen LogP) is 3.15. The SMILES string of the molecule is CCCNC(C)(CC(C)OCCC(C)(C)C)C(=O)OC. The van der Waals surface area contributed by atoms with E-state index in [1.165, 1.54) is 7.11 Å². The molecule has 0 saturated carbocycles. The number of methoxy groups -OCH3 is 1. The van der Waals surface area contributed by atoms with E-state index < -0.39 is 5.54 Å². The second kappa shape index (κ2) is 8.63. The van der Waals surface area contributed by atoms with Gasteiger partial charge in [-0.15, -0.1) is 0 Å². The summed E-state index contributed by atoms with van der Waals surface area (Å²) in [6, 6.07) is 0. The Labute approximate surface area is 124 Å². The highest BCUT2D eigenvalue weighted by atomic mass is 16.5. The zero-order valence-electron chi connectivity index (χ0n) is 14.3. The summed E-state index contributed by atoms with van der Waals surface area (Å²) in [5.74, 6) is -0.225. The lowest BCUT2D eigenvalue weighted by molar-refractivity contribution is -0.149. The number of hydrogen-bond donors (Lipinski definition) is 1. The molecule has 0 heterocycles. The topological polar surface area (TPSA) is 47.6 Å². The maximum Gasteiger partial charge on any atom is 0.325 e. The normalized spacial score (nSPS) is 16.6. The molecule has 0 radical (unpaired) electrons. The standard InChI is InChI=1S/C16H33NO3/c1-8-10-17-16(6,14(18)19-7)12-13(2)20-11-9-15(3,4)5/h13,17H,8-12H2,1-7H3. The Morgan fingerprint density at radius 1 is 1.25 bits per heavy atom. The van der Waals surface area contributed by atoms with Gasteiger partial charge in [0, 0.05) is 13.0 Å². The first-order valence-corrected chi connectivity index (χ1v) is 7.59. The first-order chi connectivity index (χ1) is 9.14. The third-order valence-electron chi connectivity index (χ3n) is 3.35. The van der Waals surface area contributed by atoms with Crippen LogP contribution < -0.4 is 5.32 Å². The summed E-state index contributed by atoms with van der Waals surface area (Å²) in [6.45, 7) is 14.1. The molecule has 0 aliphatic rings. The van der Waals surface area contributed by atoms with E-state index in [1.807, 2.05) is 13.8 Å². The highest BCUT2D eigenvalue weighted by molar-refractivity contribution is 5.80. The molecule has 4 heteroatoms. The van der Waals surface area contributed by atoms with Gasteiger partial charge in [0.1, 0.15) is 5.54 Å². The first-order valence-electron chi connectivity index (χ1n) is 7.59. The van der Waals surface area contributed by atoms with Crippen LogP contribution in [0.1, 0.15) is 60.8 Å². The van der Waals surface area contributed by atoms with Crippen LogP contribution in [0.15, 0.2) is 0 Å². The number of carbonyl (C=O) groups excluding carboxylic acids is 1. The fourth-order valence-corrected chi connectivity index (χ4v) is 2.05. The van der Waals surface area contributed by atoms with Gasteiger partial charge < -0.3 is 14.8 Å². The molecule has 20 heavy (non-hydrogen) atoms. The van der Waals surface area contributed by atoms with E-state index >= 15 is 0 Å². The van der Waals surface area contributed by atoms with Crippen LogP contribution in [0.4, 0.5) is 0 Å². The van der Waals surface area contributed by atoms with Crippen LogP contribution in [0.3, 0.4) is 0 Å². The quantitative estimate of drug-likeness (QED) is 0.662. The van der Waals surface area contributed by atoms with Crippen molar-refractivity contribution in [3.63, 3.8) is 0 Å². The molecule has 0 spiro atoms. The van der Waals surface area contributed by atoms with Crippen molar-refractivity contribution in [1.29, 1.82) is 0 Å². The van der Waals surface area contributed by atoms with Gasteiger partial charge >= 0.3 is 5.97 Å². The molecule has 0 aliphatic heterocycles. The van der Waals surface area contributed by atoms with Crippen molar-refractivity contribution in [2.45, 2.75) is 72.4 Å². The van der Waals surface area contributed by atoms with E-state index in [9.17, 15) is 4.79 Å². The molecule has 2 atom stereocenters. The summed E-state index contributed by atoms with van der Waals surface area (Å²) in [5, 5.41) is 3.28. The molecular formula is C16H33NO3. The minimum Gasteiger partial charge on any atom is -0.468 e. The van der Waals surface area contributed by atoms with Gasteiger partial charge in [-0.3, -0.25) is 4.79 Å². The van der Waals surface area contributed by atoms with E-state index in [-0.39, 0.29) is 17.5 Å². The fourth-order valence-electron chi connectivity index (χ4n) is 2.05. The van der Waals surface area contributed by atoms with Gasteiger partial charge in [-0.05, 0) is 38.6 Å². The largest absolute Gasteiger partial charge is 0.468 e. The summed E-state index contributed by atoms with van der Waals surface area (Å²) in [7, 11) is 1.43. The third kappa shape index (κ3) is 7.85. The zero-order chi connectivity index (χ0) is 15.8. The van der Waals surface area contributed by atoms with Crippen LogP contribution in [-0.2, 0) is 14.3 Å². The Kier molecular flexibility index (Phi) is 8.36. The Balaban J connectivity index is 4.38. The van der Waals surface area contributed by atoms with E-state index in [1.54, 1.807) is 0 Å². The molecule has 0 aromatic rings. The third-order valence-corrected chi connectivity index (χ3v) is 3.35. The second-order valence-electron chi connectivity index (χ2n) is 6.95. The van der Waals surface area contributed by atoms with Gasteiger partial charge in [0.2, 0.25) is 0 Å². The van der Waals surface area contributed by atoms with E-state index in [4.69, 9.17) is 9.47 Å². The Hall–Kier alpha value is -0.610. The number of carbonyl (C=O) groups is 1. The van der Waals surface area contributed by atoms with Crippen LogP contribution in [-0.4, -0.2) is 37.9 Å². The van der Waals surface area contributed by atoms with Gasteiger partial charge in [-0.25, -0.2) is 0 Å². The molecule has 120 valence electrons. The molecule has 0 aromatic heterocycles. The van der Waals surface area contributed by atoms with Gasteiger partial charge in [0.25, 0.3) is 0 Å². The molecule has 0 bridgehead atoms. The average molecular weight is 287 g/mol. The number of nitrogens with one attached hydrogen (secondary N) is 1. The maximum absolute atomic E-state index is 12.0. The van der Waals surface area contributed by atoms with E-state index in [0.717, 1.165) is 26.0 Å². The number of esters is 1. The lowest BCUT2D eigenvalue weighted by Crippen LogP contribution is -2.52. The molecule has 0 amide bonds. The average Bonchev–Trinajstić information content (AvgIpc) is 2.33. The monoisotopic (exact) mass is 287 g/mol. The summed E-state index contributed by atoms with van der Waals surface area (Å²) in [4.78, 5) is 12.0. The molecule has 0 saturated heterocycles. The van der Waals surface area contributed by atoms with Crippen molar-refractivity contribution in [1.82, 2.24) is 5.32 Å². The molecule has 0 rings (SSSR count). The van der Waals surface area contributed by atoms with Crippen molar-refractivity contribution in [3.8, 4) is 0 Å². The summed E-state index contributed by atoms with van der Waals surface area (Å²) < 4.78 is 10.8. The summed E-state index contributed by atoms with van der Waals surface area (Å²) in [5.41, 5.74) is -0.405. The minimum atomic E-state index is -0.675. The minimum absolute atomic E-state index is 0.0193. The molecule has 0 aromatic carbocycles.